The molecule has 1 aliphatic rings. The zero-order chi connectivity index (χ0) is 19.7. The maximum Gasteiger partial charge on any atom is 0.252 e. The van der Waals surface area contributed by atoms with Gasteiger partial charge in [0, 0.05) is 52.6 Å². The van der Waals surface area contributed by atoms with Crippen LogP contribution in [0.3, 0.4) is 0 Å². The third-order valence-corrected chi connectivity index (χ3v) is 6.24. The van der Waals surface area contributed by atoms with E-state index in [2.05, 4.69) is 58.3 Å². The zero-order valence-electron chi connectivity index (χ0n) is 16.0. The highest BCUT2D eigenvalue weighted by molar-refractivity contribution is 6.30. The summed E-state index contributed by atoms with van der Waals surface area (Å²) in [6.45, 7) is 0.555. The molecule has 140 valence electrons. The fourth-order valence-electron chi connectivity index (χ4n) is 4.98. The van der Waals surface area contributed by atoms with Crippen molar-refractivity contribution in [2.75, 3.05) is 0 Å². The van der Waals surface area contributed by atoms with Crippen molar-refractivity contribution in [3.63, 3.8) is 0 Å². The SMILES string of the molecule is Cn1c2cc(CCC#N)ccc2c2c3c(c4c5ccccc5[nH]c4c21)CNC3=O. The lowest BCUT2D eigenvalue weighted by Crippen LogP contribution is -2.12. The highest BCUT2D eigenvalue weighted by Crippen LogP contribution is 2.43. The standard InChI is InChI=1S/C24H18N4O/c1-28-18-11-13(5-4-10-25)8-9-15(18)20-21-16(12-26-24(21)29)19-14-6-2-3-7-17(14)27-22(19)23(20)28/h2-3,6-9,11,27H,4-5,12H2,1H3,(H,26,29). The summed E-state index contributed by atoms with van der Waals surface area (Å²) in [6, 6.07) is 16.8. The highest BCUT2D eigenvalue weighted by Gasteiger charge is 2.30. The van der Waals surface area contributed by atoms with Gasteiger partial charge >= 0.3 is 0 Å². The van der Waals surface area contributed by atoms with Crippen molar-refractivity contribution in [1.82, 2.24) is 14.9 Å². The first kappa shape index (κ1) is 16.2. The molecule has 0 aliphatic carbocycles. The smallest absolute Gasteiger partial charge is 0.252 e. The van der Waals surface area contributed by atoms with E-state index in [4.69, 9.17) is 5.26 Å². The summed E-state index contributed by atoms with van der Waals surface area (Å²) in [5.74, 6) is -0.00163. The van der Waals surface area contributed by atoms with Crippen LogP contribution in [0.4, 0.5) is 0 Å². The number of H-pyrrole nitrogens is 1. The van der Waals surface area contributed by atoms with Crippen LogP contribution in [0.2, 0.25) is 0 Å². The number of nitriles is 1. The van der Waals surface area contributed by atoms with Crippen molar-refractivity contribution in [2.45, 2.75) is 19.4 Å². The molecule has 5 nitrogen and oxygen atoms in total. The van der Waals surface area contributed by atoms with Crippen molar-refractivity contribution in [1.29, 1.82) is 5.26 Å². The fraction of sp³-hybridized carbons (Fsp3) is 0.167. The molecule has 6 rings (SSSR count). The van der Waals surface area contributed by atoms with Gasteiger partial charge in [0.05, 0.1) is 22.7 Å². The molecular weight excluding hydrogens is 360 g/mol. The van der Waals surface area contributed by atoms with Crippen LogP contribution in [0.25, 0.3) is 43.6 Å². The number of hydrogen-bond acceptors (Lipinski definition) is 2. The van der Waals surface area contributed by atoms with Crippen LogP contribution in [0.1, 0.15) is 27.9 Å². The summed E-state index contributed by atoms with van der Waals surface area (Å²) < 4.78 is 2.18. The molecule has 2 aromatic heterocycles. The lowest BCUT2D eigenvalue weighted by molar-refractivity contribution is 0.0967. The monoisotopic (exact) mass is 378 g/mol. The van der Waals surface area contributed by atoms with Gasteiger partial charge in [0.2, 0.25) is 0 Å². The van der Waals surface area contributed by atoms with Crippen LogP contribution in [0.15, 0.2) is 42.5 Å². The second-order valence-corrected chi connectivity index (χ2v) is 7.75. The van der Waals surface area contributed by atoms with E-state index in [0.29, 0.717) is 13.0 Å². The number of amides is 1. The predicted molar refractivity (Wildman–Crippen MR) is 115 cm³/mol. The number of fused-ring (bicyclic) bond motifs is 10. The molecule has 0 spiro atoms. The normalized spacial score (nSPS) is 13.4. The fourth-order valence-corrected chi connectivity index (χ4v) is 4.98. The van der Waals surface area contributed by atoms with Gasteiger partial charge in [-0.1, -0.05) is 30.3 Å². The molecular formula is C24H18N4O. The molecule has 5 heteroatoms. The highest BCUT2D eigenvalue weighted by atomic mass is 16.1. The molecule has 0 bridgehead atoms. The van der Waals surface area contributed by atoms with Gasteiger partial charge in [0.1, 0.15) is 0 Å². The minimum atomic E-state index is -0.00163. The number of para-hydroxylation sites is 1. The number of aromatic amines is 1. The molecule has 3 aromatic carbocycles. The van der Waals surface area contributed by atoms with Crippen LogP contribution in [0, 0.1) is 11.3 Å². The van der Waals surface area contributed by atoms with E-state index >= 15 is 0 Å². The molecule has 1 amide bonds. The van der Waals surface area contributed by atoms with E-state index < -0.39 is 0 Å². The third-order valence-electron chi connectivity index (χ3n) is 6.24. The van der Waals surface area contributed by atoms with E-state index in [0.717, 1.165) is 66.7 Å². The zero-order valence-corrected chi connectivity index (χ0v) is 16.0. The number of nitrogens with zero attached hydrogens (tertiary/aromatic N) is 2. The molecule has 0 unspecified atom stereocenters. The maximum absolute atomic E-state index is 12.9. The van der Waals surface area contributed by atoms with Crippen molar-refractivity contribution >= 4 is 49.5 Å². The number of carbonyl (C=O) groups excluding carboxylic acids is 1. The summed E-state index contributed by atoms with van der Waals surface area (Å²) in [5.41, 5.74) is 7.32. The van der Waals surface area contributed by atoms with Crippen LogP contribution in [-0.2, 0) is 20.0 Å². The molecule has 2 N–H and O–H groups in total. The van der Waals surface area contributed by atoms with E-state index in [1.807, 2.05) is 12.1 Å². The Morgan fingerprint density at radius 1 is 1.14 bits per heavy atom. The van der Waals surface area contributed by atoms with E-state index in [1.54, 1.807) is 0 Å². The van der Waals surface area contributed by atoms with Gasteiger partial charge in [-0.3, -0.25) is 4.79 Å². The second-order valence-electron chi connectivity index (χ2n) is 7.75. The Hall–Kier alpha value is -3.78. The Kier molecular flexibility index (Phi) is 3.14. The van der Waals surface area contributed by atoms with E-state index in [1.165, 1.54) is 0 Å². The number of aryl methyl sites for hydroxylation is 2. The molecule has 0 saturated heterocycles. The van der Waals surface area contributed by atoms with Gasteiger partial charge in [0.15, 0.2) is 0 Å². The molecule has 0 atom stereocenters. The maximum atomic E-state index is 12.9. The summed E-state index contributed by atoms with van der Waals surface area (Å²) in [5, 5.41) is 16.3. The minimum absolute atomic E-state index is 0.00163. The first-order valence-corrected chi connectivity index (χ1v) is 9.80. The Bertz CT molecular complexity index is 1540. The van der Waals surface area contributed by atoms with E-state index in [9.17, 15) is 4.79 Å². The van der Waals surface area contributed by atoms with Gasteiger partial charge in [-0.25, -0.2) is 0 Å². The van der Waals surface area contributed by atoms with Crippen molar-refractivity contribution in [3.05, 3.63) is 59.2 Å². The molecule has 0 saturated carbocycles. The molecule has 3 heterocycles. The van der Waals surface area contributed by atoms with Crippen LogP contribution in [-0.4, -0.2) is 15.5 Å². The summed E-state index contributed by atoms with van der Waals surface area (Å²) >= 11 is 0. The molecule has 0 fully saturated rings. The molecule has 1 aliphatic heterocycles. The van der Waals surface area contributed by atoms with Crippen molar-refractivity contribution < 1.29 is 4.79 Å². The molecule has 29 heavy (non-hydrogen) atoms. The number of benzene rings is 3. The minimum Gasteiger partial charge on any atom is -0.353 e. The Morgan fingerprint density at radius 3 is 2.86 bits per heavy atom. The lowest BCUT2D eigenvalue weighted by atomic mass is 9.96. The summed E-state index contributed by atoms with van der Waals surface area (Å²) in [7, 11) is 2.06. The number of rotatable bonds is 2. The third kappa shape index (κ3) is 2.01. The van der Waals surface area contributed by atoms with Gasteiger partial charge < -0.3 is 14.9 Å². The van der Waals surface area contributed by atoms with Gasteiger partial charge in [-0.15, -0.1) is 0 Å². The summed E-state index contributed by atoms with van der Waals surface area (Å²) in [6.07, 6.45) is 1.23. The number of carbonyl (C=O) groups is 1. The number of hydrogen-bond donors (Lipinski definition) is 2. The first-order chi connectivity index (χ1) is 14.2. The first-order valence-electron chi connectivity index (χ1n) is 9.80. The Balaban J connectivity index is 1.84. The molecule has 0 radical (unpaired) electrons. The van der Waals surface area contributed by atoms with Crippen LogP contribution < -0.4 is 5.32 Å². The van der Waals surface area contributed by atoms with Gasteiger partial charge in [0.25, 0.3) is 5.91 Å². The quantitative estimate of drug-likeness (QED) is 0.469. The Morgan fingerprint density at radius 2 is 2.00 bits per heavy atom. The Labute approximate surface area is 166 Å². The largest absolute Gasteiger partial charge is 0.353 e. The lowest BCUT2D eigenvalue weighted by Gasteiger charge is -2.05. The number of nitrogens with one attached hydrogen (secondary N) is 2. The van der Waals surface area contributed by atoms with Crippen LogP contribution in [0.5, 0.6) is 0 Å². The average molecular weight is 378 g/mol. The average Bonchev–Trinajstić information content (AvgIpc) is 3.39. The predicted octanol–water partition coefficient (Wildman–Crippen LogP) is 4.67. The van der Waals surface area contributed by atoms with Crippen molar-refractivity contribution in [3.8, 4) is 6.07 Å². The topological polar surface area (TPSA) is 73.6 Å². The van der Waals surface area contributed by atoms with E-state index in [-0.39, 0.29) is 5.91 Å². The molecule has 5 aromatic rings. The second kappa shape index (κ2) is 5.62. The number of aromatic nitrogens is 2. The summed E-state index contributed by atoms with van der Waals surface area (Å²) in [4.78, 5) is 16.5. The van der Waals surface area contributed by atoms with Crippen LogP contribution >= 0.6 is 0 Å². The van der Waals surface area contributed by atoms with Gasteiger partial charge in [-0.05, 0) is 29.7 Å². The van der Waals surface area contributed by atoms with Crippen molar-refractivity contribution in [2.24, 2.45) is 7.05 Å². The van der Waals surface area contributed by atoms with Gasteiger partial charge in [-0.2, -0.15) is 5.26 Å².